The first-order chi connectivity index (χ1) is 7.65. The molecule has 2 heterocycles. The second-order valence-electron chi connectivity index (χ2n) is 3.49. The molecule has 84 valence electrons. The molecule has 16 heavy (non-hydrogen) atoms. The van der Waals surface area contributed by atoms with E-state index in [1.165, 1.54) is 0 Å². The zero-order valence-electron chi connectivity index (χ0n) is 9.14. The van der Waals surface area contributed by atoms with Crippen LogP contribution in [0.5, 0.6) is 0 Å². The first kappa shape index (κ1) is 10.4. The number of fused-ring (bicyclic) bond motifs is 1. The molecule has 0 saturated heterocycles. The molecule has 1 amide bonds. The Balaban J connectivity index is 2.59. The van der Waals surface area contributed by atoms with Crippen molar-refractivity contribution in [3.05, 3.63) is 18.5 Å². The van der Waals surface area contributed by atoms with Gasteiger partial charge in [0.2, 0.25) is 11.9 Å². The van der Waals surface area contributed by atoms with Crippen LogP contribution in [0.1, 0.15) is 13.0 Å². The number of hydrogen-bond donors (Lipinski definition) is 2. The lowest BCUT2D eigenvalue weighted by Gasteiger charge is -2.13. The van der Waals surface area contributed by atoms with Crippen LogP contribution in [-0.4, -0.2) is 27.5 Å². The molecule has 2 aromatic rings. The van der Waals surface area contributed by atoms with Crippen LogP contribution >= 0.6 is 0 Å². The van der Waals surface area contributed by atoms with E-state index in [1.807, 2.05) is 0 Å². The van der Waals surface area contributed by atoms with Crippen molar-refractivity contribution >= 4 is 22.9 Å². The van der Waals surface area contributed by atoms with Gasteiger partial charge >= 0.3 is 0 Å². The number of rotatable bonds is 2. The van der Waals surface area contributed by atoms with Crippen molar-refractivity contribution in [1.29, 1.82) is 0 Å². The predicted octanol–water partition coefficient (Wildman–Crippen LogP) is 0.321. The quantitative estimate of drug-likeness (QED) is 0.761. The van der Waals surface area contributed by atoms with E-state index in [9.17, 15) is 4.79 Å². The first-order valence-corrected chi connectivity index (χ1v) is 4.94. The van der Waals surface area contributed by atoms with Gasteiger partial charge in [0.15, 0.2) is 0 Å². The normalized spacial score (nSPS) is 12.6. The fourth-order valence-electron chi connectivity index (χ4n) is 1.70. The van der Waals surface area contributed by atoms with Gasteiger partial charge in [-0.2, -0.15) is 0 Å². The first-order valence-electron chi connectivity index (χ1n) is 4.94. The Morgan fingerprint density at radius 1 is 1.62 bits per heavy atom. The second kappa shape index (κ2) is 3.80. The Morgan fingerprint density at radius 2 is 2.38 bits per heavy atom. The van der Waals surface area contributed by atoms with Gasteiger partial charge in [0.25, 0.3) is 0 Å². The van der Waals surface area contributed by atoms with Crippen LogP contribution in [0.3, 0.4) is 0 Å². The number of hydrogen-bond acceptors (Lipinski definition) is 4. The zero-order chi connectivity index (χ0) is 11.7. The van der Waals surface area contributed by atoms with Crippen molar-refractivity contribution in [2.24, 2.45) is 0 Å². The lowest BCUT2D eigenvalue weighted by molar-refractivity contribution is -0.123. The monoisotopic (exact) mass is 219 g/mol. The highest BCUT2D eigenvalue weighted by molar-refractivity contribution is 5.84. The number of aromatic nitrogens is 3. The molecule has 0 bridgehead atoms. The van der Waals surface area contributed by atoms with Crippen LogP contribution in [0, 0.1) is 0 Å². The van der Waals surface area contributed by atoms with Gasteiger partial charge in [-0.15, -0.1) is 0 Å². The Kier molecular flexibility index (Phi) is 2.47. The van der Waals surface area contributed by atoms with E-state index >= 15 is 0 Å². The molecule has 6 nitrogen and oxygen atoms in total. The number of pyridine rings is 1. The number of likely N-dealkylation sites (N-methyl/N-ethyl adjacent to an activating group) is 1. The van der Waals surface area contributed by atoms with Crippen LogP contribution in [0.15, 0.2) is 18.5 Å². The maximum Gasteiger partial charge on any atom is 0.242 e. The Labute approximate surface area is 92.5 Å². The zero-order valence-corrected chi connectivity index (χ0v) is 9.14. The lowest BCUT2D eigenvalue weighted by atomic mass is 10.3. The molecule has 0 aromatic carbocycles. The molecule has 6 heteroatoms. The third kappa shape index (κ3) is 1.48. The second-order valence-corrected chi connectivity index (χ2v) is 3.49. The smallest absolute Gasteiger partial charge is 0.242 e. The van der Waals surface area contributed by atoms with Crippen LogP contribution in [-0.2, 0) is 4.79 Å². The van der Waals surface area contributed by atoms with Gasteiger partial charge in [0.05, 0.1) is 11.7 Å². The Bertz CT molecular complexity index is 533. The number of nitrogens with zero attached hydrogens (tertiary/aromatic N) is 3. The van der Waals surface area contributed by atoms with E-state index in [0.717, 1.165) is 5.52 Å². The highest BCUT2D eigenvalue weighted by Gasteiger charge is 2.18. The number of nitrogen functional groups attached to an aromatic ring is 1. The molecule has 2 aromatic heterocycles. The number of nitrogens with two attached hydrogens (primary N) is 1. The molecule has 0 saturated carbocycles. The van der Waals surface area contributed by atoms with Crippen molar-refractivity contribution in [2.45, 2.75) is 13.0 Å². The molecule has 0 aliphatic heterocycles. The van der Waals surface area contributed by atoms with Crippen molar-refractivity contribution in [1.82, 2.24) is 19.9 Å². The minimum atomic E-state index is -0.391. The largest absolute Gasteiger partial charge is 0.369 e. The van der Waals surface area contributed by atoms with E-state index in [0.29, 0.717) is 11.5 Å². The number of amides is 1. The number of imidazole rings is 1. The standard InChI is InChI=1S/C10H13N5O/c1-6(9(16)12-2)15-8-3-4-13-5-7(8)14-10(15)11/h3-6H,1-2H3,(H2,11,14)(H,12,16). The Morgan fingerprint density at radius 3 is 3.06 bits per heavy atom. The fourth-order valence-corrected chi connectivity index (χ4v) is 1.70. The summed E-state index contributed by atoms with van der Waals surface area (Å²) in [6, 6.07) is 1.40. The highest BCUT2D eigenvalue weighted by atomic mass is 16.2. The molecule has 0 aliphatic rings. The number of nitrogens with one attached hydrogen (secondary N) is 1. The average Bonchev–Trinajstić information content (AvgIpc) is 2.63. The maximum absolute atomic E-state index is 11.6. The predicted molar refractivity (Wildman–Crippen MR) is 60.7 cm³/mol. The number of carbonyl (C=O) groups is 1. The van der Waals surface area contributed by atoms with Crippen molar-refractivity contribution in [2.75, 3.05) is 12.8 Å². The van der Waals surface area contributed by atoms with Crippen molar-refractivity contribution < 1.29 is 4.79 Å². The molecule has 0 aliphatic carbocycles. The van der Waals surface area contributed by atoms with Gasteiger partial charge in [-0.25, -0.2) is 4.98 Å². The maximum atomic E-state index is 11.6. The highest BCUT2D eigenvalue weighted by Crippen LogP contribution is 2.21. The summed E-state index contributed by atoms with van der Waals surface area (Å²) in [6.07, 6.45) is 3.27. The Hall–Kier alpha value is -2.11. The molecule has 0 fully saturated rings. The molecular formula is C10H13N5O. The summed E-state index contributed by atoms with van der Waals surface area (Å²) in [4.78, 5) is 19.7. The number of anilines is 1. The summed E-state index contributed by atoms with van der Waals surface area (Å²) in [6.45, 7) is 1.77. The van der Waals surface area contributed by atoms with E-state index < -0.39 is 6.04 Å². The molecular weight excluding hydrogens is 206 g/mol. The van der Waals surface area contributed by atoms with Crippen LogP contribution in [0.2, 0.25) is 0 Å². The average molecular weight is 219 g/mol. The topological polar surface area (TPSA) is 85.8 Å². The van der Waals surface area contributed by atoms with Crippen LogP contribution in [0.4, 0.5) is 5.95 Å². The molecule has 2 rings (SSSR count). The van der Waals surface area contributed by atoms with Gasteiger partial charge < -0.3 is 11.1 Å². The molecule has 3 N–H and O–H groups in total. The molecule has 1 atom stereocenters. The SMILES string of the molecule is CNC(=O)C(C)n1c(N)nc2cnccc21. The summed E-state index contributed by atoms with van der Waals surface area (Å²) in [5, 5.41) is 2.59. The summed E-state index contributed by atoms with van der Waals surface area (Å²) in [5.41, 5.74) is 7.29. The van der Waals surface area contributed by atoms with Gasteiger partial charge in [-0.3, -0.25) is 14.3 Å². The van der Waals surface area contributed by atoms with Crippen molar-refractivity contribution in [3.63, 3.8) is 0 Å². The van der Waals surface area contributed by atoms with Crippen LogP contribution < -0.4 is 11.1 Å². The van der Waals surface area contributed by atoms with E-state index in [4.69, 9.17) is 5.73 Å². The minimum absolute atomic E-state index is 0.109. The summed E-state index contributed by atoms with van der Waals surface area (Å²) in [5.74, 6) is 0.210. The summed E-state index contributed by atoms with van der Waals surface area (Å²) >= 11 is 0. The third-order valence-corrected chi connectivity index (χ3v) is 2.53. The number of carbonyl (C=O) groups excluding carboxylic acids is 1. The summed E-state index contributed by atoms with van der Waals surface area (Å²) in [7, 11) is 1.59. The van der Waals surface area contributed by atoms with E-state index in [1.54, 1.807) is 37.0 Å². The lowest BCUT2D eigenvalue weighted by Crippen LogP contribution is -2.28. The molecule has 0 radical (unpaired) electrons. The summed E-state index contributed by atoms with van der Waals surface area (Å²) < 4.78 is 1.69. The van der Waals surface area contributed by atoms with Gasteiger partial charge in [0, 0.05) is 13.2 Å². The van der Waals surface area contributed by atoms with Gasteiger partial charge in [-0.1, -0.05) is 0 Å². The molecule has 1 unspecified atom stereocenters. The van der Waals surface area contributed by atoms with Crippen molar-refractivity contribution in [3.8, 4) is 0 Å². The fraction of sp³-hybridized carbons (Fsp3) is 0.300. The van der Waals surface area contributed by atoms with E-state index in [-0.39, 0.29) is 5.91 Å². The van der Waals surface area contributed by atoms with Gasteiger partial charge in [0.1, 0.15) is 11.6 Å². The molecule has 0 spiro atoms. The minimum Gasteiger partial charge on any atom is -0.369 e. The third-order valence-electron chi connectivity index (χ3n) is 2.53. The van der Waals surface area contributed by atoms with E-state index in [2.05, 4.69) is 15.3 Å². The van der Waals surface area contributed by atoms with Crippen LogP contribution in [0.25, 0.3) is 11.0 Å². The van der Waals surface area contributed by atoms with Gasteiger partial charge in [-0.05, 0) is 13.0 Å².